The van der Waals surface area contributed by atoms with Crippen molar-refractivity contribution in [3.63, 3.8) is 0 Å². The van der Waals surface area contributed by atoms with Gasteiger partial charge in [0.15, 0.2) is 0 Å². The van der Waals surface area contributed by atoms with E-state index in [0.29, 0.717) is 0 Å². The van der Waals surface area contributed by atoms with Crippen LogP contribution in [0.1, 0.15) is 5.56 Å². The Morgan fingerprint density at radius 2 is 1.28 bits per heavy atom. The van der Waals surface area contributed by atoms with E-state index in [1.807, 2.05) is 91.0 Å². The van der Waals surface area contributed by atoms with Crippen LogP contribution in [-0.2, 0) is 34.1 Å². The fourth-order valence-electron chi connectivity index (χ4n) is 2.77. The van der Waals surface area contributed by atoms with Crippen LogP contribution in [0.25, 0.3) is 5.57 Å². The van der Waals surface area contributed by atoms with Crippen molar-refractivity contribution in [1.82, 2.24) is 0 Å². The van der Waals surface area contributed by atoms with Crippen molar-refractivity contribution in [3.8, 4) is 0 Å². The summed E-state index contributed by atoms with van der Waals surface area (Å²) >= 11 is 0. The zero-order chi connectivity index (χ0) is 18.7. The van der Waals surface area contributed by atoms with Crippen molar-refractivity contribution in [2.24, 2.45) is 5.73 Å². The summed E-state index contributed by atoms with van der Waals surface area (Å²) in [5.41, 5.74) is 10.8. The van der Waals surface area contributed by atoms with Crippen molar-refractivity contribution in [2.75, 3.05) is 0 Å². The average molecular weight is 461 g/mol. The second-order valence-corrected chi connectivity index (χ2v) is 6.07. The molecule has 5 rings (SSSR count). The number of rotatable bonds is 1. The minimum atomic E-state index is 0. The summed E-state index contributed by atoms with van der Waals surface area (Å²) in [6.07, 6.45) is 14.5. The molecule has 3 heteroatoms. The Morgan fingerprint density at radius 3 is 1.69 bits per heavy atom. The molecule has 148 valence electrons. The van der Waals surface area contributed by atoms with E-state index in [-0.39, 0.29) is 34.1 Å². The van der Waals surface area contributed by atoms with Crippen molar-refractivity contribution in [2.45, 2.75) is 0 Å². The van der Waals surface area contributed by atoms with Crippen LogP contribution in [0.3, 0.4) is 0 Å². The Kier molecular flexibility index (Phi) is 11.7. The van der Waals surface area contributed by atoms with E-state index in [1.165, 1.54) is 16.7 Å². The molecule has 0 amide bonds. The van der Waals surface area contributed by atoms with Gasteiger partial charge in [0.1, 0.15) is 0 Å². The van der Waals surface area contributed by atoms with Gasteiger partial charge in [0, 0.05) is 0 Å². The monoisotopic (exact) mass is 461 g/mol. The number of hydrogen-bond donors (Lipinski definition) is 1. The molecule has 0 saturated heterocycles. The zero-order valence-corrected chi connectivity index (χ0v) is 18.1. The maximum absolute atomic E-state index is 6.12. The Bertz CT molecular complexity index is 844. The molecule has 0 spiro atoms. The van der Waals surface area contributed by atoms with Gasteiger partial charge in [-0.3, -0.25) is 0 Å². The molecule has 0 saturated carbocycles. The van der Waals surface area contributed by atoms with Crippen LogP contribution < -0.4 is 5.73 Å². The maximum Gasteiger partial charge on any atom is 2.00 e. The third-order valence-electron chi connectivity index (χ3n) is 4.13. The third kappa shape index (κ3) is 7.87. The van der Waals surface area contributed by atoms with E-state index >= 15 is 0 Å². The Labute approximate surface area is 195 Å². The fourth-order valence-corrected chi connectivity index (χ4v) is 2.77. The molecule has 3 aromatic carbocycles. The van der Waals surface area contributed by atoms with Crippen LogP contribution in [0.2, 0.25) is 0 Å². The molecule has 3 aromatic rings. The summed E-state index contributed by atoms with van der Waals surface area (Å²) in [5, 5.41) is 0. The fraction of sp³-hybridized carbons (Fsp3) is 0. The normalized spacial score (nSPS) is 13.4. The van der Waals surface area contributed by atoms with Gasteiger partial charge in [-0.1, -0.05) is 35.9 Å². The molecule has 0 heterocycles. The summed E-state index contributed by atoms with van der Waals surface area (Å²) in [7, 11) is 0. The van der Waals surface area contributed by atoms with Gasteiger partial charge in [-0.15, -0.1) is 35.4 Å². The van der Waals surface area contributed by atoms with Crippen LogP contribution >= 0.6 is 0 Å². The Morgan fingerprint density at radius 1 is 0.690 bits per heavy atom. The van der Waals surface area contributed by atoms with Gasteiger partial charge in [0.2, 0.25) is 0 Å². The van der Waals surface area contributed by atoms with E-state index in [0.717, 1.165) is 11.6 Å². The zero-order valence-electron chi connectivity index (χ0n) is 15.9. The Balaban J connectivity index is 0.000000290. The summed E-state index contributed by atoms with van der Waals surface area (Å²) in [4.78, 5) is 0. The molecule has 2 aliphatic carbocycles. The molecule has 1 nitrogen and oxygen atoms in total. The molecule has 2 N–H and O–H groups in total. The second kappa shape index (κ2) is 13.7. The van der Waals surface area contributed by atoms with Crippen LogP contribution in [0.15, 0.2) is 139 Å². The van der Waals surface area contributed by atoms with E-state index in [4.69, 9.17) is 5.73 Å². The van der Waals surface area contributed by atoms with Gasteiger partial charge in [-0.2, -0.15) is 60.2 Å². The first-order chi connectivity index (χ1) is 13.3. The summed E-state index contributed by atoms with van der Waals surface area (Å²) in [5.74, 6) is 0. The molecule has 0 unspecified atom stereocenters. The summed E-state index contributed by atoms with van der Waals surface area (Å²) < 4.78 is 0. The molecular weight excluding hydrogens is 438 g/mol. The molecule has 0 atom stereocenters. The van der Waals surface area contributed by atoms with Crippen molar-refractivity contribution >= 4 is 5.57 Å². The minimum absolute atomic E-state index is 0. The quantitative estimate of drug-likeness (QED) is 0.345. The average Bonchev–Trinajstić information content (AvgIpc) is 3.53. The summed E-state index contributed by atoms with van der Waals surface area (Å²) in [6.45, 7) is 0. The van der Waals surface area contributed by atoms with Crippen molar-refractivity contribution < 1.29 is 34.1 Å². The van der Waals surface area contributed by atoms with Gasteiger partial charge in [0.25, 0.3) is 0 Å². The van der Waals surface area contributed by atoms with Crippen LogP contribution in [0, 0.1) is 6.04 Å². The van der Waals surface area contributed by atoms with Gasteiger partial charge in [-0.05, 0) is 0 Å². The summed E-state index contributed by atoms with van der Waals surface area (Å²) in [6, 6.07) is 29.1. The topological polar surface area (TPSA) is 26.0 Å². The molecule has 0 bridgehead atoms. The first kappa shape index (κ1) is 24.7. The number of allylic oxidation sites excluding steroid dienone is 7. The van der Waals surface area contributed by atoms with Crippen LogP contribution in [-0.4, -0.2) is 0 Å². The number of hydrogen-bond acceptors (Lipinski definition) is 1. The van der Waals surface area contributed by atoms with Crippen LogP contribution in [0.4, 0.5) is 0 Å². The predicted octanol–water partition coefficient (Wildman–Crippen LogP) is 6.08. The number of nitrogens with two attached hydrogens (primary N) is 1. The first-order valence-electron chi connectivity index (χ1n) is 9.01. The van der Waals surface area contributed by atoms with Gasteiger partial charge >= 0.3 is 34.1 Å². The van der Waals surface area contributed by atoms with E-state index < -0.39 is 0 Å². The van der Waals surface area contributed by atoms with E-state index in [2.05, 4.69) is 36.4 Å². The Hall–Kier alpha value is -2.38. The van der Waals surface area contributed by atoms with Crippen molar-refractivity contribution in [1.29, 1.82) is 0 Å². The molecule has 0 fully saturated rings. The molecule has 0 aromatic heterocycles. The van der Waals surface area contributed by atoms with Crippen LogP contribution in [0.5, 0.6) is 0 Å². The second-order valence-electron chi connectivity index (χ2n) is 6.07. The van der Waals surface area contributed by atoms with Gasteiger partial charge in [-0.25, -0.2) is 24.3 Å². The van der Waals surface area contributed by atoms with Gasteiger partial charge < -0.3 is 5.73 Å². The molecular formula is C26H23Fe2N. The molecule has 0 aliphatic heterocycles. The van der Waals surface area contributed by atoms with E-state index in [9.17, 15) is 0 Å². The first-order valence-corrected chi connectivity index (χ1v) is 9.01. The van der Waals surface area contributed by atoms with Gasteiger partial charge in [0.05, 0.1) is 0 Å². The van der Waals surface area contributed by atoms with Crippen molar-refractivity contribution in [3.05, 3.63) is 150 Å². The minimum Gasteiger partial charge on any atom is -0.342 e. The third-order valence-corrected chi connectivity index (χ3v) is 4.13. The SMILES string of the molecule is N[C-]1C=C(c2ccc[cH-]2)C=CC1=C1C=CC=C1.[Fe+2].[Fe+2].c1cc[cH-]c1.c1cc[cH-]c1. The standard InChI is InChI=1S/C16H13N.2C5H5.2Fe/c17-16-11-14(12-5-1-2-6-12)9-10-15(16)13-7-3-4-8-13;2*1-2-4-5-3-1;;/h1-11H,17H2;2*1-5H;;/q-2;2*-1;2*+2. The molecule has 2 aliphatic rings. The predicted molar refractivity (Wildman–Crippen MR) is 116 cm³/mol. The molecule has 29 heavy (non-hydrogen) atoms. The maximum atomic E-state index is 6.12. The molecule has 0 radical (unpaired) electrons. The smallest absolute Gasteiger partial charge is 0.342 e. The largest absolute Gasteiger partial charge is 2.00 e. The van der Waals surface area contributed by atoms with E-state index in [1.54, 1.807) is 0 Å².